The van der Waals surface area contributed by atoms with Gasteiger partial charge in [-0.15, -0.1) is 0 Å². The smallest absolute Gasteiger partial charge is 0.423 e. The number of rotatable bonds is 2. The molecule has 0 bridgehead atoms. The summed E-state index contributed by atoms with van der Waals surface area (Å²) in [4.78, 5) is 0. The molecule has 2 aromatic rings. The van der Waals surface area contributed by atoms with Gasteiger partial charge in [0.05, 0.1) is 0 Å². The molecule has 0 spiro atoms. The zero-order chi connectivity index (χ0) is 12.4. The highest BCUT2D eigenvalue weighted by Gasteiger charge is 2.16. The van der Waals surface area contributed by atoms with Crippen molar-refractivity contribution in [3.8, 4) is 11.1 Å². The summed E-state index contributed by atoms with van der Waals surface area (Å²) in [5, 5.41) is 18.7. The first kappa shape index (κ1) is 11.9. The lowest BCUT2D eigenvalue weighted by Crippen LogP contribution is -2.31. The first-order valence-corrected chi connectivity index (χ1v) is 5.62. The average Bonchev–Trinajstić information content (AvgIpc) is 2.32. The van der Waals surface area contributed by atoms with Crippen LogP contribution in [0.25, 0.3) is 11.1 Å². The van der Waals surface area contributed by atoms with E-state index < -0.39 is 7.12 Å². The van der Waals surface area contributed by atoms with Gasteiger partial charge in [0.15, 0.2) is 0 Å². The lowest BCUT2D eigenvalue weighted by Gasteiger charge is -2.10. The fourth-order valence-electron chi connectivity index (χ4n) is 1.89. The highest BCUT2D eigenvalue weighted by Crippen LogP contribution is 2.20. The van der Waals surface area contributed by atoms with Gasteiger partial charge in [0.1, 0.15) is 0 Å². The van der Waals surface area contributed by atoms with E-state index in [1.54, 1.807) is 12.1 Å². The first-order chi connectivity index (χ1) is 8.09. The highest BCUT2D eigenvalue weighted by molar-refractivity contribution is 6.60. The van der Waals surface area contributed by atoms with Gasteiger partial charge < -0.3 is 10.0 Å². The van der Waals surface area contributed by atoms with Crippen LogP contribution in [0.2, 0.25) is 0 Å². The maximum absolute atomic E-state index is 9.35. The Labute approximate surface area is 102 Å². The Kier molecular flexibility index (Phi) is 3.32. The van der Waals surface area contributed by atoms with Crippen molar-refractivity contribution in [1.82, 2.24) is 0 Å². The molecule has 0 aliphatic rings. The second-order valence-electron chi connectivity index (χ2n) is 4.26. The van der Waals surface area contributed by atoms with Gasteiger partial charge in [0, 0.05) is 0 Å². The predicted octanol–water partition coefficient (Wildman–Crippen LogP) is 1.65. The van der Waals surface area contributed by atoms with Gasteiger partial charge in [-0.1, -0.05) is 42.5 Å². The summed E-state index contributed by atoms with van der Waals surface area (Å²) in [6, 6.07) is 13.5. The van der Waals surface area contributed by atoms with Crippen LogP contribution < -0.4 is 5.46 Å². The molecule has 86 valence electrons. The van der Waals surface area contributed by atoms with Gasteiger partial charge in [-0.2, -0.15) is 0 Å². The summed E-state index contributed by atoms with van der Waals surface area (Å²) in [5.41, 5.74) is 4.85. The summed E-state index contributed by atoms with van der Waals surface area (Å²) < 4.78 is 0. The van der Waals surface area contributed by atoms with Crippen LogP contribution in [0.3, 0.4) is 0 Å². The Hall–Kier alpha value is -1.58. The molecular formula is C14H15BO2. The van der Waals surface area contributed by atoms with Gasteiger partial charge >= 0.3 is 7.12 Å². The molecule has 0 aliphatic carbocycles. The Balaban J connectivity index is 2.56. The predicted molar refractivity (Wildman–Crippen MR) is 71.2 cm³/mol. The zero-order valence-corrected chi connectivity index (χ0v) is 10.0. The Morgan fingerprint density at radius 2 is 1.59 bits per heavy atom. The van der Waals surface area contributed by atoms with Crippen LogP contribution in [-0.4, -0.2) is 17.2 Å². The van der Waals surface area contributed by atoms with Crippen molar-refractivity contribution in [3.63, 3.8) is 0 Å². The standard InChI is InChI=1S/C14H15BO2/c1-10-7-8-12(9-11(10)2)13-5-3-4-6-14(13)15(16)17/h3-9,16-17H,1-2H3. The van der Waals surface area contributed by atoms with Gasteiger partial charge in [-0.05, 0) is 41.6 Å². The molecule has 17 heavy (non-hydrogen) atoms. The Bertz CT molecular complexity index is 535. The van der Waals surface area contributed by atoms with Gasteiger partial charge in [0.25, 0.3) is 0 Å². The minimum Gasteiger partial charge on any atom is -0.423 e. The zero-order valence-electron chi connectivity index (χ0n) is 10.0. The minimum absolute atomic E-state index is 0.538. The Morgan fingerprint density at radius 1 is 0.882 bits per heavy atom. The van der Waals surface area contributed by atoms with Crippen LogP contribution in [-0.2, 0) is 0 Å². The molecule has 0 heterocycles. The lowest BCUT2D eigenvalue weighted by atomic mass is 9.75. The van der Waals surface area contributed by atoms with Gasteiger partial charge in [-0.3, -0.25) is 0 Å². The summed E-state index contributed by atoms with van der Waals surface area (Å²) in [6.45, 7) is 4.11. The SMILES string of the molecule is Cc1ccc(-c2ccccc2B(O)O)cc1C. The molecule has 3 heteroatoms. The van der Waals surface area contributed by atoms with E-state index in [4.69, 9.17) is 0 Å². The molecule has 0 fully saturated rings. The molecule has 0 aromatic heterocycles. The van der Waals surface area contributed by atoms with Crippen LogP contribution in [0.5, 0.6) is 0 Å². The van der Waals surface area contributed by atoms with Crippen molar-refractivity contribution in [2.24, 2.45) is 0 Å². The number of hydrogen-bond acceptors (Lipinski definition) is 2. The van der Waals surface area contributed by atoms with Crippen LogP contribution >= 0.6 is 0 Å². The maximum atomic E-state index is 9.35. The third-order valence-corrected chi connectivity index (χ3v) is 3.06. The largest absolute Gasteiger partial charge is 0.489 e. The van der Waals surface area contributed by atoms with Crippen LogP contribution in [0.15, 0.2) is 42.5 Å². The molecule has 0 radical (unpaired) electrons. The molecule has 0 saturated carbocycles. The molecule has 0 saturated heterocycles. The fourth-order valence-corrected chi connectivity index (χ4v) is 1.89. The third-order valence-electron chi connectivity index (χ3n) is 3.06. The minimum atomic E-state index is -1.44. The summed E-state index contributed by atoms with van der Waals surface area (Å²) in [7, 11) is -1.44. The van der Waals surface area contributed by atoms with E-state index in [1.807, 2.05) is 24.3 Å². The van der Waals surface area contributed by atoms with E-state index in [0.717, 1.165) is 11.1 Å². The van der Waals surface area contributed by atoms with E-state index in [2.05, 4.69) is 19.9 Å². The molecule has 2 nitrogen and oxygen atoms in total. The van der Waals surface area contributed by atoms with Crippen LogP contribution in [0.4, 0.5) is 0 Å². The third kappa shape index (κ3) is 2.41. The fraction of sp³-hybridized carbons (Fsp3) is 0.143. The van der Waals surface area contributed by atoms with Crippen molar-refractivity contribution in [2.75, 3.05) is 0 Å². The number of aryl methyl sites for hydroxylation is 2. The Morgan fingerprint density at radius 3 is 2.24 bits per heavy atom. The van der Waals surface area contributed by atoms with Crippen molar-refractivity contribution in [2.45, 2.75) is 13.8 Å². The maximum Gasteiger partial charge on any atom is 0.489 e. The summed E-state index contributed by atoms with van der Waals surface area (Å²) >= 11 is 0. The molecule has 0 aliphatic heterocycles. The van der Waals surface area contributed by atoms with Gasteiger partial charge in [-0.25, -0.2) is 0 Å². The molecule has 2 rings (SSSR count). The monoisotopic (exact) mass is 226 g/mol. The lowest BCUT2D eigenvalue weighted by molar-refractivity contribution is 0.426. The van der Waals surface area contributed by atoms with Crippen molar-refractivity contribution in [1.29, 1.82) is 0 Å². The van der Waals surface area contributed by atoms with E-state index in [0.29, 0.717) is 5.46 Å². The van der Waals surface area contributed by atoms with Crippen LogP contribution in [0, 0.1) is 13.8 Å². The molecule has 0 unspecified atom stereocenters. The first-order valence-electron chi connectivity index (χ1n) is 5.62. The molecular weight excluding hydrogens is 211 g/mol. The highest BCUT2D eigenvalue weighted by atomic mass is 16.4. The second kappa shape index (κ2) is 4.74. The van der Waals surface area contributed by atoms with E-state index in [1.165, 1.54) is 11.1 Å². The van der Waals surface area contributed by atoms with Crippen molar-refractivity contribution in [3.05, 3.63) is 53.6 Å². The van der Waals surface area contributed by atoms with Crippen molar-refractivity contribution < 1.29 is 10.0 Å². The molecule has 2 N–H and O–H groups in total. The normalized spacial score (nSPS) is 10.4. The topological polar surface area (TPSA) is 40.5 Å². The molecule has 0 amide bonds. The number of hydrogen-bond donors (Lipinski definition) is 2. The summed E-state index contributed by atoms with van der Waals surface area (Å²) in [6.07, 6.45) is 0. The number of benzene rings is 2. The molecule has 2 aromatic carbocycles. The van der Waals surface area contributed by atoms with Crippen molar-refractivity contribution >= 4 is 12.6 Å². The average molecular weight is 226 g/mol. The van der Waals surface area contributed by atoms with E-state index in [9.17, 15) is 10.0 Å². The second-order valence-corrected chi connectivity index (χ2v) is 4.26. The quantitative estimate of drug-likeness (QED) is 0.764. The van der Waals surface area contributed by atoms with E-state index in [-0.39, 0.29) is 0 Å². The summed E-state index contributed by atoms with van der Waals surface area (Å²) in [5.74, 6) is 0. The van der Waals surface area contributed by atoms with Gasteiger partial charge in [0.2, 0.25) is 0 Å². The van der Waals surface area contributed by atoms with Crippen LogP contribution in [0.1, 0.15) is 11.1 Å². The van der Waals surface area contributed by atoms with E-state index >= 15 is 0 Å². The molecule has 0 atom stereocenters.